The van der Waals surface area contributed by atoms with Gasteiger partial charge in [0.25, 0.3) is 0 Å². The number of fused-ring (bicyclic) bond motifs is 5. The Morgan fingerprint density at radius 2 is 1.58 bits per heavy atom. The van der Waals surface area contributed by atoms with Crippen molar-refractivity contribution in [3.05, 3.63) is 96.7 Å². The van der Waals surface area contributed by atoms with E-state index in [0.29, 0.717) is 0 Å². The average molecular weight is 636 g/mol. The molecule has 1 aliphatic heterocycles. The Bertz CT molecular complexity index is 1760. The Kier molecular flexibility index (Phi) is 9.23. The smallest absolute Gasteiger partial charge is 0.223 e. The molecule has 2 aromatic heterocycles. The quantitative estimate of drug-likeness (QED) is 0.206. The lowest BCUT2D eigenvalue weighted by Crippen LogP contribution is -2.43. The number of para-hydroxylation sites is 1. The third-order valence-corrected chi connectivity index (χ3v) is 8.31. The van der Waals surface area contributed by atoms with E-state index in [1.54, 1.807) is 25.1 Å². The molecule has 0 radical (unpaired) electrons. The van der Waals surface area contributed by atoms with Gasteiger partial charge in [0.1, 0.15) is 5.82 Å². The number of imidazole rings is 1. The highest BCUT2D eigenvalue weighted by Crippen LogP contribution is 2.45. The minimum atomic E-state index is -0.229. The number of pyridine rings is 1. The van der Waals surface area contributed by atoms with Gasteiger partial charge in [0.05, 0.1) is 22.8 Å². The second-order valence-corrected chi connectivity index (χ2v) is 10.7. The van der Waals surface area contributed by atoms with E-state index in [0.717, 1.165) is 69.6 Å². The second-order valence-electron chi connectivity index (χ2n) is 10.7. The number of aromatic nitrogens is 3. The van der Waals surface area contributed by atoms with Crippen molar-refractivity contribution in [3.63, 3.8) is 0 Å². The third kappa shape index (κ3) is 5.38. The minimum Gasteiger partial charge on any atom is -0.338 e. The lowest BCUT2D eigenvalue weighted by molar-refractivity contribution is -0.116. The van der Waals surface area contributed by atoms with Crippen LogP contribution in [0.5, 0.6) is 0 Å². The highest BCUT2D eigenvalue weighted by Gasteiger charge is 2.34. The number of halogens is 3. The molecule has 0 bridgehead atoms. The summed E-state index contributed by atoms with van der Waals surface area (Å²) in [4.78, 5) is 23.6. The van der Waals surface area contributed by atoms with Crippen LogP contribution in [0.1, 0.15) is 31.7 Å². The first-order chi connectivity index (χ1) is 19.4. The summed E-state index contributed by atoms with van der Waals surface area (Å²) in [6.45, 7) is 1.56. The van der Waals surface area contributed by atoms with E-state index in [4.69, 9.17) is 15.7 Å². The van der Waals surface area contributed by atoms with Crippen LogP contribution in [0.3, 0.4) is 0 Å². The molecule has 1 aliphatic carbocycles. The lowest BCUT2D eigenvalue weighted by Gasteiger charge is -2.38. The van der Waals surface area contributed by atoms with Crippen LogP contribution in [-0.4, -0.2) is 27.5 Å². The van der Waals surface area contributed by atoms with E-state index < -0.39 is 0 Å². The minimum absolute atomic E-state index is 0. The molecule has 10 heteroatoms. The van der Waals surface area contributed by atoms with Crippen molar-refractivity contribution >= 4 is 60.3 Å². The highest BCUT2D eigenvalue weighted by molar-refractivity contribution is 5.93. The van der Waals surface area contributed by atoms with E-state index >= 15 is 0 Å². The van der Waals surface area contributed by atoms with E-state index in [9.17, 15) is 4.79 Å². The maximum Gasteiger partial charge on any atom is 0.223 e. The van der Waals surface area contributed by atoms with Crippen LogP contribution in [0.25, 0.3) is 39.6 Å². The molecule has 1 fully saturated rings. The summed E-state index contributed by atoms with van der Waals surface area (Å²) in [6, 6.07) is 28.9. The molecule has 3 aromatic carbocycles. The van der Waals surface area contributed by atoms with Crippen LogP contribution in [-0.2, 0) is 10.3 Å². The van der Waals surface area contributed by atoms with Crippen LogP contribution in [0.2, 0.25) is 0 Å². The number of nitrogens with zero attached hydrogens (tertiary/aromatic N) is 4. The Hall–Kier alpha value is -3.88. The van der Waals surface area contributed by atoms with Crippen molar-refractivity contribution in [1.29, 1.82) is 0 Å². The van der Waals surface area contributed by atoms with Gasteiger partial charge in [-0.25, -0.2) is 9.97 Å². The van der Waals surface area contributed by atoms with Crippen LogP contribution in [0.15, 0.2) is 91.1 Å². The summed E-state index contributed by atoms with van der Waals surface area (Å²) in [6.07, 6.45) is 5.00. The molecular weight excluding hydrogens is 603 g/mol. The summed E-state index contributed by atoms with van der Waals surface area (Å²) in [5.74, 6) is 1.59. The normalized spacial score (nSPS) is 13.6. The predicted octanol–water partition coefficient (Wildman–Crippen LogP) is 7.91. The Labute approximate surface area is 269 Å². The van der Waals surface area contributed by atoms with Crippen molar-refractivity contribution < 1.29 is 4.79 Å². The first kappa shape index (κ1) is 32.0. The summed E-state index contributed by atoms with van der Waals surface area (Å²) >= 11 is 0. The van der Waals surface area contributed by atoms with Crippen molar-refractivity contribution in [2.45, 2.75) is 31.7 Å². The fourth-order valence-electron chi connectivity index (χ4n) is 5.72. The number of rotatable bonds is 4. The molecule has 3 N–H and O–H groups in total. The number of nitrogens with one attached hydrogen (secondary N) is 1. The molecule has 0 spiro atoms. The number of carbonyl (C=O) groups is 1. The second kappa shape index (κ2) is 12.4. The molecule has 2 aliphatic rings. The zero-order valence-electron chi connectivity index (χ0n) is 23.8. The molecule has 0 atom stereocenters. The Morgan fingerprint density at radius 3 is 2.23 bits per heavy atom. The molecule has 5 aromatic rings. The van der Waals surface area contributed by atoms with Crippen molar-refractivity contribution in [3.8, 4) is 39.6 Å². The van der Waals surface area contributed by atoms with Crippen LogP contribution in [0, 0.1) is 0 Å². The maximum absolute atomic E-state index is 12.0. The van der Waals surface area contributed by atoms with Gasteiger partial charge in [-0.15, -0.1) is 37.2 Å². The van der Waals surface area contributed by atoms with E-state index in [1.807, 2.05) is 42.5 Å². The van der Waals surface area contributed by atoms with E-state index in [2.05, 4.69) is 52.3 Å². The van der Waals surface area contributed by atoms with E-state index in [1.165, 1.54) is 12.0 Å². The first-order valence-electron chi connectivity index (χ1n) is 13.6. The SMILES string of the molecule is CC(=O)N(C)c1ccc(-c2nc3n(c2-c2ccc(C4(N)CCC4)cc2)-c2cccnc2Nc2ccccc2-3)cc1.Cl.Cl.Cl. The van der Waals surface area contributed by atoms with Gasteiger partial charge < -0.3 is 16.0 Å². The van der Waals surface area contributed by atoms with Gasteiger partial charge in [0.15, 0.2) is 5.82 Å². The summed E-state index contributed by atoms with van der Waals surface area (Å²) in [5, 5.41) is 3.52. The van der Waals surface area contributed by atoms with Crippen molar-refractivity contribution in [2.24, 2.45) is 5.73 Å². The van der Waals surface area contributed by atoms with E-state index in [-0.39, 0.29) is 48.7 Å². The summed E-state index contributed by atoms with van der Waals surface area (Å²) in [7, 11) is 1.78. The number of anilines is 3. The predicted molar refractivity (Wildman–Crippen MR) is 181 cm³/mol. The lowest BCUT2D eigenvalue weighted by atomic mass is 9.72. The van der Waals surface area contributed by atoms with Crippen LogP contribution in [0.4, 0.5) is 17.2 Å². The largest absolute Gasteiger partial charge is 0.338 e. The summed E-state index contributed by atoms with van der Waals surface area (Å²) < 4.78 is 2.21. The molecular formula is C33H33Cl3N6O. The number of amides is 1. The molecule has 1 saturated carbocycles. The monoisotopic (exact) mass is 634 g/mol. The zero-order valence-corrected chi connectivity index (χ0v) is 26.2. The molecule has 0 unspecified atom stereocenters. The van der Waals surface area contributed by atoms with Gasteiger partial charge in [-0.2, -0.15) is 0 Å². The highest BCUT2D eigenvalue weighted by atomic mass is 35.5. The van der Waals surface area contributed by atoms with Crippen molar-refractivity contribution in [1.82, 2.24) is 14.5 Å². The molecule has 0 saturated heterocycles. The molecule has 1 amide bonds. The molecule has 7 nitrogen and oxygen atoms in total. The van der Waals surface area contributed by atoms with Gasteiger partial charge in [0, 0.05) is 48.1 Å². The fraction of sp³-hybridized carbons (Fsp3) is 0.182. The standard InChI is InChI=1S/C33H30N6O.3ClH/c1-21(40)38(2)25-16-12-22(13-17-25)29-30(23-10-14-24(15-11-23)33(34)18-6-19-33)39-28-9-5-20-35-31(28)36-27-8-4-3-7-26(27)32(39)37-29;;;/h3-5,7-17,20H,6,18-19,34H2,1-2H3,(H,35,36);3*1H. The van der Waals surface area contributed by atoms with Gasteiger partial charge in [0.2, 0.25) is 5.91 Å². The topological polar surface area (TPSA) is 89.1 Å². The van der Waals surface area contributed by atoms with Gasteiger partial charge in [-0.05, 0) is 61.2 Å². The van der Waals surface area contributed by atoms with Crippen LogP contribution < -0.4 is 16.0 Å². The number of carbonyl (C=O) groups excluding carboxylic acids is 1. The molecule has 7 rings (SSSR count). The van der Waals surface area contributed by atoms with Gasteiger partial charge in [-0.3, -0.25) is 9.36 Å². The molecule has 222 valence electrons. The maximum atomic E-state index is 12.0. The third-order valence-electron chi connectivity index (χ3n) is 8.31. The van der Waals surface area contributed by atoms with Crippen molar-refractivity contribution in [2.75, 3.05) is 17.3 Å². The zero-order chi connectivity index (χ0) is 27.4. The average Bonchev–Trinajstić information content (AvgIpc) is 3.30. The van der Waals surface area contributed by atoms with Gasteiger partial charge in [-0.1, -0.05) is 48.5 Å². The number of hydrogen-bond acceptors (Lipinski definition) is 5. The summed E-state index contributed by atoms with van der Waals surface area (Å²) in [5.41, 5.74) is 15.1. The Balaban J connectivity index is 0.00000141. The molecule has 43 heavy (non-hydrogen) atoms. The van der Waals surface area contributed by atoms with Crippen LogP contribution >= 0.6 is 37.2 Å². The van der Waals surface area contributed by atoms with Gasteiger partial charge >= 0.3 is 0 Å². The molecule has 3 heterocycles. The number of benzene rings is 3. The first-order valence-corrected chi connectivity index (χ1v) is 13.6. The number of nitrogens with two attached hydrogens (primary N) is 1. The number of hydrogen-bond donors (Lipinski definition) is 2. The fourth-order valence-corrected chi connectivity index (χ4v) is 5.72. The Morgan fingerprint density at radius 1 is 0.907 bits per heavy atom.